The Morgan fingerprint density at radius 2 is 1.92 bits per heavy atom. The number of benzene rings is 1. The van der Waals surface area contributed by atoms with Crippen LogP contribution in [0.4, 0.5) is 13.2 Å². The molecule has 9 heteroatoms. The Morgan fingerprint density at radius 3 is 2.54 bits per heavy atom. The molecule has 0 N–H and O–H groups in total. The Hall–Kier alpha value is -2.13. The number of nitrogens with zero attached hydrogens (tertiary/aromatic N) is 2. The van der Waals surface area contributed by atoms with Gasteiger partial charge >= 0.3 is 6.36 Å². The lowest BCUT2D eigenvalue weighted by Crippen LogP contribution is -2.29. The zero-order valence-electron chi connectivity index (χ0n) is 12.7. The Kier molecular flexibility index (Phi) is 5.45. The van der Waals surface area contributed by atoms with Crippen LogP contribution in [0.2, 0.25) is 0 Å². The second-order valence-corrected chi connectivity index (χ2v) is 6.97. The van der Waals surface area contributed by atoms with Crippen molar-refractivity contribution in [2.24, 2.45) is 0 Å². The summed E-state index contributed by atoms with van der Waals surface area (Å²) in [6.45, 7) is 0.143. The molecule has 2 aromatic rings. The van der Waals surface area contributed by atoms with Crippen molar-refractivity contribution in [2.45, 2.75) is 17.7 Å². The van der Waals surface area contributed by atoms with Crippen molar-refractivity contribution in [3.63, 3.8) is 0 Å². The molecule has 5 nitrogen and oxygen atoms in total. The Labute approximate surface area is 137 Å². The summed E-state index contributed by atoms with van der Waals surface area (Å²) in [6, 6.07) is 9.60. The van der Waals surface area contributed by atoms with Gasteiger partial charge in [-0.2, -0.15) is 0 Å². The Bertz CT molecular complexity index is 780. The van der Waals surface area contributed by atoms with E-state index >= 15 is 0 Å². The predicted molar refractivity (Wildman–Crippen MR) is 80.9 cm³/mol. The van der Waals surface area contributed by atoms with Gasteiger partial charge in [-0.05, 0) is 24.3 Å². The largest absolute Gasteiger partial charge is 0.573 e. The number of hydrogen-bond acceptors (Lipinski definition) is 4. The molecule has 24 heavy (non-hydrogen) atoms. The number of likely N-dealkylation sites (N-methyl/N-ethyl adjacent to an activating group) is 1. The van der Waals surface area contributed by atoms with Gasteiger partial charge in [-0.1, -0.05) is 12.1 Å². The van der Waals surface area contributed by atoms with Crippen molar-refractivity contribution in [1.82, 2.24) is 9.29 Å². The topological polar surface area (TPSA) is 59.5 Å². The lowest BCUT2D eigenvalue weighted by molar-refractivity contribution is -0.274. The second-order valence-electron chi connectivity index (χ2n) is 4.92. The maximum atomic E-state index is 12.4. The number of aromatic nitrogens is 1. The van der Waals surface area contributed by atoms with Crippen LogP contribution in [-0.4, -0.2) is 37.7 Å². The van der Waals surface area contributed by atoms with Crippen LogP contribution < -0.4 is 4.74 Å². The predicted octanol–water partition coefficient (Wildman–Crippen LogP) is 2.84. The number of pyridine rings is 1. The van der Waals surface area contributed by atoms with E-state index in [1.165, 1.54) is 19.2 Å². The third-order valence-electron chi connectivity index (χ3n) is 3.16. The summed E-state index contributed by atoms with van der Waals surface area (Å²) in [5, 5.41) is 0. The molecule has 1 aromatic carbocycles. The monoisotopic (exact) mass is 360 g/mol. The lowest BCUT2D eigenvalue weighted by atomic mass is 10.3. The number of alkyl halides is 3. The van der Waals surface area contributed by atoms with Crippen molar-refractivity contribution in [3.05, 3.63) is 54.4 Å². The highest BCUT2D eigenvalue weighted by atomic mass is 32.2. The molecular weight excluding hydrogens is 345 g/mol. The summed E-state index contributed by atoms with van der Waals surface area (Å²) < 4.78 is 66.4. The molecule has 1 aromatic heterocycles. The minimum Gasteiger partial charge on any atom is -0.406 e. The maximum absolute atomic E-state index is 12.4. The number of ether oxygens (including phenoxy) is 1. The van der Waals surface area contributed by atoms with E-state index in [1.807, 2.05) is 0 Å². The molecule has 0 atom stereocenters. The van der Waals surface area contributed by atoms with E-state index in [-0.39, 0.29) is 11.4 Å². The fourth-order valence-corrected chi connectivity index (χ4v) is 3.16. The molecule has 0 fully saturated rings. The van der Waals surface area contributed by atoms with E-state index < -0.39 is 22.1 Å². The van der Waals surface area contributed by atoms with Crippen molar-refractivity contribution in [2.75, 3.05) is 13.6 Å². The Morgan fingerprint density at radius 1 is 1.17 bits per heavy atom. The fourth-order valence-electron chi connectivity index (χ4n) is 1.95. The molecule has 2 rings (SSSR count). The van der Waals surface area contributed by atoms with E-state index in [2.05, 4.69) is 9.72 Å². The summed E-state index contributed by atoms with van der Waals surface area (Å²) in [4.78, 5) is 3.82. The minimum atomic E-state index is -4.88. The van der Waals surface area contributed by atoms with Crippen LogP contribution in [0.5, 0.6) is 5.75 Å². The third-order valence-corrected chi connectivity index (χ3v) is 5.01. The summed E-state index contributed by atoms with van der Waals surface area (Å²) in [5.41, 5.74) is 0.716. The van der Waals surface area contributed by atoms with E-state index in [9.17, 15) is 21.6 Å². The molecule has 0 spiro atoms. The summed E-state index contributed by atoms with van der Waals surface area (Å²) in [7, 11) is -2.57. The van der Waals surface area contributed by atoms with Gasteiger partial charge in [0.1, 0.15) is 5.75 Å². The van der Waals surface area contributed by atoms with Crippen LogP contribution >= 0.6 is 0 Å². The second kappa shape index (κ2) is 7.18. The van der Waals surface area contributed by atoms with Gasteiger partial charge in [0.2, 0.25) is 10.0 Å². The summed E-state index contributed by atoms with van der Waals surface area (Å²) in [6.07, 6.45) is -2.90. The molecule has 1 heterocycles. The quantitative estimate of drug-likeness (QED) is 0.795. The van der Waals surface area contributed by atoms with Gasteiger partial charge < -0.3 is 4.74 Å². The standard InChI is InChI=1S/C15H15F3N2O3S/c1-20(10-8-12-5-2-3-9-19-12)24(21,22)14-7-4-6-13(11-14)23-15(16,17)18/h2-7,9,11H,8,10H2,1H3. The van der Waals surface area contributed by atoms with E-state index in [0.717, 1.165) is 16.4 Å². The van der Waals surface area contributed by atoms with Crippen LogP contribution in [0.15, 0.2) is 53.6 Å². The van der Waals surface area contributed by atoms with E-state index in [1.54, 1.807) is 24.4 Å². The molecular formula is C15H15F3N2O3S. The molecule has 0 saturated heterocycles. The van der Waals surface area contributed by atoms with Gasteiger partial charge in [0, 0.05) is 38.0 Å². The van der Waals surface area contributed by atoms with Crippen molar-refractivity contribution in [1.29, 1.82) is 0 Å². The third kappa shape index (κ3) is 4.93. The molecule has 0 radical (unpaired) electrons. The number of rotatable bonds is 6. The lowest BCUT2D eigenvalue weighted by Gasteiger charge is -2.17. The van der Waals surface area contributed by atoms with Crippen LogP contribution in [-0.2, 0) is 16.4 Å². The van der Waals surface area contributed by atoms with Gasteiger partial charge in [0.25, 0.3) is 0 Å². The van der Waals surface area contributed by atoms with Gasteiger partial charge in [0.05, 0.1) is 4.90 Å². The first-order chi connectivity index (χ1) is 11.2. The van der Waals surface area contributed by atoms with E-state index in [0.29, 0.717) is 12.1 Å². The molecule has 0 amide bonds. The van der Waals surface area contributed by atoms with Crippen LogP contribution in [0.3, 0.4) is 0 Å². The summed E-state index contributed by atoms with van der Waals surface area (Å²) >= 11 is 0. The molecule has 0 unspecified atom stereocenters. The van der Waals surface area contributed by atoms with Crippen molar-refractivity contribution >= 4 is 10.0 Å². The molecule has 0 bridgehead atoms. The fraction of sp³-hybridized carbons (Fsp3) is 0.267. The number of sulfonamides is 1. The van der Waals surface area contributed by atoms with Crippen LogP contribution in [0, 0.1) is 0 Å². The highest BCUT2D eigenvalue weighted by molar-refractivity contribution is 7.89. The molecule has 130 valence electrons. The molecule has 0 aliphatic carbocycles. The van der Waals surface area contributed by atoms with Gasteiger partial charge in [-0.15, -0.1) is 13.2 Å². The van der Waals surface area contributed by atoms with Gasteiger partial charge in [0.15, 0.2) is 0 Å². The van der Waals surface area contributed by atoms with Crippen LogP contribution in [0.1, 0.15) is 5.69 Å². The normalized spacial score (nSPS) is 12.4. The first-order valence-corrected chi connectivity index (χ1v) is 8.34. The van der Waals surface area contributed by atoms with E-state index in [4.69, 9.17) is 0 Å². The van der Waals surface area contributed by atoms with Crippen LogP contribution in [0.25, 0.3) is 0 Å². The maximum Gasteiger partial charge on any atom is 0.573 e. The smallest absolute Gasteiger partial charge is 0.406 e. The first-order valence-electron chi connectivity index (χ1n) is 6.90. The van der Waals surface area contributed by atoms with Gasteiger partial charge in [-0.25, -0.2) is 12.7 Å². The zero-order chi connectivity index (χ0) is 17.8. The van der Waals surface area contributed by atoms with Gasteiger partial charge in [-0.3, -0.25) is 4.98 Å². The highest BCUT2D eigenvalue weighted by Gasteiger charge is 2.31. The Balaban J connectivity index is 2.12. The average molecular weight is 360 g/mol. The van der Waals surface area contributed by atoms with Crippen molar-refractivity contribution in [3.8, 4) is 5.75 Å². The number of hydrogen-bond donors (Lipinski definition) is 0. The SMILES string of the molecule is CN(CCc1ccccn1)S(=O)(=O)c1cccc(OC(F)(F)F)c1. The highest BCUT2D eigenvalue weighted by Crippen LogP contribution is 2.26. The van der Waals surface area contributed by atoms with Crippen molar-refractivity contribution < 1.29 is 26.3 Å². The first kappa shape index (κ1) is 18.2. The molecule has 0 aliphatic heterocycles. The average Bonchev–Trinajstić information content (AvgIpc) is 2.52. The zero-order valence-corrected chi connectivity index (χ0v) is 13.5. The molecule has 0 saturated carbocycles. The minimum absolute atomic E-state index is 0.143. The number of halogens is 3. The molecule has 0 aliphatic rings. The summed E-state index contributed by atoms with van der Waals surface area (Å²) in [5.74, 6) is -0.582.